The summed E-state index contributed by atoms with van der Waals surface area (Å²) in [5.41, 5.74) is -1.87. The second-order valence-electron chi connectivity index (χ2n) is 8.17. The molecule has 0 aliphatic carbocycles. The van der Waals surface area contributed by atoms with Crippen LogP contribution in [0, 0.1) is 6.92 Å². The third-order valence-corrected chi connectivity index (χ3v) is 6.29. The van der Waals surface area contributed by atoms with E-state index in [1.165, 1.54) is 23.3 Å². The van der Waals surface area contributed by atoms with Gasteiger partial charge in [0, 0.05) is 34.1 Å². The van der Waals surface area contributed by atoms with Crippen molar-refractivity contribution in [3.8, 4) is 0 Å². The number of hydrogen-bond acceptors (Lipinski definition) is 5. The molecule has 2 amide bonds. The molecule has 2 aromatic carbocycles. The molecule has 2 aliphatic heterocycles. The van der Waals surface area contributed by atoms with Crippen LogP contribution < -0.4 is 5.32 Å². The minimum Gasteiger partial charge on any atom is -0.374 e. The van der Waals surface area contributed by atoms with Crippen molar-refractivity contribution >= 4 is 40.7 Å². The zero-order chi connectivity index (χ0) is 25.5. The van der Waals surface area contributed by atoms with Gasteiger partial charge in [-0.25, -0.2) is 5.06 Å². The molecule has 1 fully saturated rings. The number of nitrogens with zero attached hydrogens (tertiary/aromatic N) is 2. The van der Waals surface area contributed by atoms with Crippen LogP contribution in [0.4, 0.5) is 13.2 Å². The highest BCUT2D eigenvalue weighted by atomic mass is 35.5. The highest BCUT2D eigenvalue weighted by Gasteiger charge is 2.62. The Morgan fingerprint density at radius 1 is 1.23 bits per heavy atom. The molecule has 0 aromatic heterocycles. The van der Waals surface area contributed by atoms with Gasteiger partial charge in [0.15, 0.2) is 0 Å². The second-order valence-corrected chi connectivity index (χ2v) is 9.05. The Kier molecular flexibility index (Phi) is 6.74. The summed E-state index contributed by atoms with van der Waals surface area (Å²) in [4.78, 5) is 35.1. The highest BCUT2D eigenvalue weighted by molar-refractivity contribution is 6.34. The Hall–Kier alpha value is -2.82. The Morgan fingerprint density at radius 2 is 1.91 bits per heavy atom. The summed E-state index contributed by atoms with van der Waals surface area (Å²) in [6.07, 6.45) is -5.43. The van der Waals surface area contributed by atoms with Gasteiger partial charge in [0.25, 0.3) is 17.4 Å². The van der Waals surface area contributed by atoms with Gasteiger partial charge >= 0.3 is 6.18 Å². The van der Waals surface area contributed by atoms with Crippen LogP contribution in [0.2, 0.25) is 10.0 Å². The Morgan fingerprint density at radius 3 is 2.49 bits per heavy atom. The topological polar surface area (TPSA) is 80.2 Å². The summed E-state index contributed by atoms with van der Waals surface area (Å²) in [5, 5.41) is 7.59. The standard InChI is InChI=1S/C23H20Cl2F3N3O4/c1-3-31-21(33)19(11-34-31)29-20(32)17-5-4-13(6-12(17)2)18-10-22(35-30-18,23(26,27)28)14-7-15(24)9-16(25)8-14/h4-9,19H,3,10-11H2,1-2H3,(H,29,32)/t19-,22?/m1/s1. The summed E-state index contributed by atoms with van der Waals surface area (Å²) in [6.45, 7) is 3.75. The van der Waals surface area contributed by atoms with Crippen molar-refractivity contribution in [2.75, 3.05) is 13.2 Å². The number of carbonyl (C=O) groups excluding carboxylic acids is 2. The molecule has 0 radical (unpaired) electrons. The fourth-order valence-electron chi connectivity index (χ4n) is 4.00. The maximum absolute atomic E-state index is 14.2. The smallest absolute Gasteiger partial charge is 0.374 e. The van der Waals surface area contributed by atoms with E-state index in [4.69, 9.17) is 32.9 Å². The van der Waals surface area contributed by atoms with E-state index in [2.05, 4.69) is 10.5 Å². The average molecular weight is 530 g/mol. The van der Waals surface area contributed by atoms with E-state index in [1.807, 2.05) is 0 Å². The number of benzene rings is 2. The SMILES string of the molecule is CCN1OC[C@@H](NC(=O)c2ccc(C3=NOC(c4cc(Cl)cc(Cl)c4)(C(F)(F)F)C3)cc2C)C1=O. The molecule has 0 bridgehead atoms. The van der Waals surface area contributed by atoms with Crippen molar-refractivity contribution < 1.29 is 32.4 Å². The number of oxime groups is 1. The van der Waals surface area contributed by atoms with Gasteiger partial charge in [-0.2, -0.15) is 13.2 Å². The first-order valence-electron chi connectivity index (χ1n) is 10.6. The van der Waals surface area contributed by atoms with Gasteiger partial charge in [-0.05, 0) is 55.3 Å². The van der Waals surface area contributed by atoms with Crippen LogP contribution in [-0.2, 0) is 20.1 Å². The van der Waals surface area contributed by atoms with Crippen LogP contribution in [0.15, 0.2) is 41.6 Å². The molecule has 1 saturated heterocycles. The van der Waals surface area contributed by atoms with Gasteiger partial charge in [-0.1, -0.05) is 34.4 Å². The first-order chi connectivity index (χ1) is 16.4. The van der Waals surface area contributed by atoms with Crippen LogP contribution in [0.5, 0.6) is 0 Å². The average Bonchev–Trinajstić information content (AvgIpc) is 3.38. The zero-order valence-corrected chi connectivity index (χ0v) is 20.1. The van der Waals surface area contributed by atoms with E-state index >= 15 is 0 Å². The Balaban J connectivity index is 1.56. The van der Waals surface area contributed by atoms with Gasteiger partial charge in [0.1, 0.15) is 12.6 Å². The number of aryl methyl sites for hydroxylation is 1. The lowest BCUT2D eigenvalue weighted by molar-refractivity contribution is -0.275. The minimum atomic E-state index is -4.82. The molecule has 2 atom stereocenters. The van der Waals surface area contributed by atoms with E-state index in [-0.39, 0.29) is 39.4 Å². The predicted octanol–water partition coefficient (Wildman–Crippen LogP) is 4.78. The van der Waals surface area contributed by atoms with E-state index in [9.17, 15) is 22.8 Å². The largest absolute Gasteiger partial charge is 0.435 e. The number of halogens is 5. The van der Waals surface area contributed by atoms with Crippen molar-refractivity contribution in [1.82, 2.24) is 10.4 Å². The molecule has 7 nitrogen and oxygen atoms in total. The molecule has 1 unspecified atom stereocenters. The fraction of sp³-hybridized carbons (Fsp3) is 0.348. The molecule has 0 saturated carbocycles. The van der Waals surface area contributed by atoms with Crippen molar-refractivity contribution in [3.63, 3.8) is 0 Å². The quantitative estimate of drug-likeness (QED) is 0.604. The van der Waals surface area contributed by atoms with Gasteiger partial charge in [0.2, 0.25) is 0 Å². The number of rotatable bonds is 5. The lowest BCUT2D eigenvalue weighted by Gasteiger charge is -2.29. The van der Waals surface area contributed by atoms with Crippen LogP contribution in [0.25, 0.3) is 0 Å². The predicted molar refractivity (Wildman–Crippen MR) is 122 cm³/mol. The maximum Gasteiger partial charge on any atom is 0.435 e. The van der Waals surface area contributed by atoms with E-state index in [0.29, 0.717) is 17.7 Å². The number of alkyl halides is 3. The molecule has 1 N–H and O–H groups in total. The second kappa shape index (κ2) is 9.33. The fourth-order valence-corrected chi connectivity index (χ4v) is 4.53. The van der Waals surface area contributed by atoms with Crippen LogP contribution in [0.3, 0.4) is 0 Å². The monoisotopic (exact) mass is 529 g/mol. The summed E-state index contributed by atoms with van der Waals surface area (Å²) in [6, 6.07) is 7.28. The van der Waals surface area contributed by atoms with Crippen molar-refractivity contribution in [2.24, 2.45) is 5.16 Å². The van der Waals surface area contributed by atoms with Crippen molar-refractivity contribution in [2.45, 2.75) is 38.1 Å². The molecule has 2 heterocycles. The lowest BCUT2D eigenvalue weighted by atomic mass is 9.86. The number of nitrogens with one attached hydrogen (secondary N) is 1. The normalized spacial score (nSPS) is 22.3. The number of likely N-dealkylation sites (N-methyl/N-ethyl adjacent to an activating group) is 1. The zero-order valence-electron chi connectivity index (χ0n) is 18.6. The molecule has 12 heteroatoms. The number of amides is 2. The minimum absolute atomic E-state index is 0.0245. The lowest BCUT2D eigenvalue weighted by Crippen LogP contribution is -2.43. The molecular weight excluding hydrogens is 510 g/mol. The Labute approximate surface area is 208 Å². The summed E-state index contributed by atoms with van der Waals surface area (Å²) < 4.78 is 42.6. The first-order valence-corrected chi connectivity index (χ1v) is 11.4. The van der Waals surface area contributed by atoms with Crippen LogP contribution in [-0.4, -0.2) is 48.0 Å². The third-order valence-electron chi connectivity index (χ3n) is 5.85. The first kappa shape index (κ1) is 25.3. The van der Waals surface area contributed by atoms with Gasteiger partial charge < -0.3 is 10.2 Å². The molecule has 2 aliphatic rings. The molecule has 0 spiro atoms. The highest BCUT2D eigenvalue weighted by Crippen LogP contribution is 2.49. The number of carbonyl (C=O) groups is 2. The molecule has 35 heavy (non-hydrogen) atoms. The van der Waals surface area contributed by atoms with E-state index in [0.717, 1.165) is 12.1 Å². The molecule has 4 rings (SSSR count). The van der Waals surface area contributed by atoms with Crippen molar-refractivity contribution in [1.29, 1.82) is 0 Å². The summed E-state index contributed by atoms with van der Waals surface area (Å²) >= 11 is 11.9. The molecule has 2 aromatic rings. The number of hydroxylamine groups is 2. The van der Waals surface area contributed by atoms with E-state index in [1.54, 1.807) is 19.9 Å². The van der Waals surface area contributed by atoms with E-state index < -0.39 is 30.1 Å². The van der Waals surface area contributed by atoms with Crippen LogP contribution in [0.1, 0.15) is 40.4 Å². The van der Waals surface area contributed by atoms with Crippen molar-refractivity contribution in [3.05, 3.63) is 68.7 Å². The summed E-state index contributed by atoms with van der Waals surface area (Å²) in [7, 11) is 0. The van der Waals surface area contributed by atoms with Gasteiger partial charge in [-0.3, -0.25) is 14.4 Å². The van der Waals surface area contributed by atoms with Gasteiger partial charge in [0.05, 0.1) is 5.71 Å². The maximum atomic E-state index is 14.2. The molecular formula is C23H20Cl2F3N3O4. The Bertz CT molecular complexity index is 1200. The van der Waals surface area contributed by atoms with Crippen LogP contribution >= 0.6 is 23.2 Å². The van der Waals surface area contributed by atoms with Gasteiger partial charge in [-0.15, -0.1) is 0 Å². The third kappa shape index (κ3) is 4.70. The molecule has 186 valence electrons. The summed E-state index contributed by atoms with van der Waals surface area (Å²) in [5.74, 6) is -0.853. The number of hydrogen-bond donors (Lipinski definition) is 1.